The van der Waals surface area contributed by atoms with Gasteiger partial charge in [0.15, 0.2) is 6.10 Å². The topological polar surface area (TPSA) is 78.9 Å². The van der Waals surface area contributed by atoms with Crippen LogP contribution in [-0.4, -0.2) is 37.2 Å². The SMILES string of the molecule is CC/C=C\C/C=C\C/C=C\C/C=C\CCCCC(=O)OC[C@H](COC(=O)CCCCCCC/C=C\CCCC)OC(=O)CCC/C=C\C/C=C\C/C=C\C/C=C\CCCCC. The Morgan fingerprint density at radius 1 is 0.344 bits per heavy atom. The molecule has 0 rings (SSSR count). The number of esters is 3. The lowest BCUT2D eigenvalue weighted by atomic mass is 10.1. The maximum Gasteiger partial charge on any atom is 0.306 e. The molecule has 6 nitrogen and oxygen atoms in total. The molecule has 0 bridgehead atoms. The van der Waals surface area contributed by atoms with Gasteiger partial charge in [-0.05, 0) is 116 Å². The summed E-state index contributed by atoms with van der Waals surface area (Å²) in [5, 5.41) is 0. The Kier molecular flexibility index (Phi) is 45.6. The number of carbonyl (C=O) groups excluding carboxylic acids is 3. The van der Waals surface area contributed by atoms with E-state index in [1.165, 1.54) is 51.4 Å². The van der Waals surface area contributed by atoms with Crippen molar-refractivity contribution in [2.24, 2.45) is 0 Å². The van der Waals surface area contributed by atoms with E-state index < -0.39 is 6.10 Å². The minimum atomic E-state index is -0.827. The summed E-state index contributed by atoms with van der Waals surface area (Å²) in [6.07, 6.45) is 65.1. The van der Waals surface area contributed by atoms with Crippen LogP contribution in [0.2, 0.25) is 0 Å². The van der Waals surface area contributed by atoms with Gasteiger partial charge in [0.25, 0.3) is 0 Å². The van der Waals surface area contributed by atoms with Crippen molar-refractivity contribution in [2.45, 2.75) is 207 Å². The van der Waals surface area contributed by atoms with Crippen LogP contribution in [0.4, 0.5) is 0 Å². The molecule has 0 aliphatic heterocycles. The van der Waals surface area contributed by atoms with Crippen LogP contribution in [0.25, 0.3) is 0 Å². The summed E-state index contributed by atoms with van der Waals surface area (Å²) >= 11 is 0. The lowest BCUT2D eigenvalue weighted by molar-refractivity contribution is -0.167. The van der Waals surface area contributed by atoms with Gasteiger partial charge < -0.3 is 14.2 Å². The summed E-state index contributed by atoms with van der Waals surface area (Å²) in [5.41, 5.74) is 0. The largest absolute Gasteiger partial charge is 0.462 e. The van der Waals surface area contributed by atoms with Crippen LogP contribution in [0.3, 0.4) is 0 Å². The second-order valence-electron chi connectivity index (χ2n) is 15.6. The first-order valence-corrected chi connectivity index (χ1v) is 24.4. The molecule has 0 aliphatic rings. The first kappa shape index (κ1) is 57.1. The van der Waals surface area contributed by atoms with Gasteiger partial charge >= 0.3 is 17.9 Å². The Balaban J connectivity index is 4.57. The Bertz CT molecular complexity index is 1290. The zero-order chi connectivity index (χ0) is 44.4. The van der Waals surface area contributed by atoms with Gasteiger partial charge in [-0.2, -0.15) is 0 Å². The van der Waals surface area contributed by atoms with Crippen LogP contribution in [0, 0.1) is 0 Å². The molecule has 0 aromatic heterocycles. The lowest BCUT2D eigenvalue weighted by Crippen LogP contribution is -2.30. The number of hydrogen-bond donors (Lipinski definition) is 0. The van der Waals surface area contributed by atoms with Crippen molar-refractivity contribution in [3.05, 3.63) is 109 Å². The van der Waals surface area contributed by atoms with Crippen molar-refractivity contribution in [3.63, 3.8) is 0 Å². The van der Waals surface area contributed by atoms with E-state index in [0.29, 0.717) is 19.3 Å². The Morgan fingerprint density at radius 2 is 0.672 bits per heavy atom. The highest BCUT2D eigenvalue weighted by molar-refractivity contribution is 5.71. The summed E-state index contributed by atoms with van der Waals surface area (Å²) in [5.74, 6) is -1.04. The van der Waals surface area contributed by atoms with E-state index in [-0.39, 0.29) is 44.0 Å². The minimum Gasteiger partial charge on any atom is -0.462 e. The molecular weight excluding hydrogens is 757 g/mol. The number of carbonyl (C=O) groups is 3. The van der Waals surface area contributed by atoms with Crippen molar-refractivity contribution in [2.75, 3.05) is 13.2 Å². The van der Waals surface area contributed by atoms with Crippen LogP contribution in [0.1, 0.15) is 201 Å². The first-order valence-electron chi connectivity index (χ1n) is 24.4. The number of ether oxygens (including phenoxy) is 3. The third-order valence-electron chi connectivity index (χ3n) is 9.73. The number of hydrogen-bond acceptors (Lipinski definition) is 6. The van der Waals surface area contributed by atoms with E-state index in [9.17, 15) is 14.4 Å². The molecule has 0 spiro atoms. The Labute approximate surface area is 374 Å². The van der Waals surface area contributed by atoms with E-state index in [1.54, 1.807) is 0 Å². The fourth-order valence-corrected chi connectivity index (χ4v) is 6.05. The van der Waals surface area contributed by atoms with E-state index in [4.69, 9.17) is 14.2 Å². The molecular formula is C55H88O6. The van der Waals surface area contributed by atoms with Gasteiger partial charge in [-0.3, -0.25) is 14.4 Å². The van der Waals surface area contributed by atoms with Gasteiger partial charge in [-0.15, -0.1) is 0 Å². The molecule has 61 heavy (non-hydrogen) atoms. The molecule has 0 heterocycles. The van der Waals surface area contributed by atoms with E-state index in [1.807, 2.05) is 0 Å². The quantitative estimate of drug-likeness (QED) is 0.0264. The van der Waals surface area contributed by atoms with Crippen LogP contribution >= 0.6 is 0 Å². The molecule has 0 fully saturated rings. The van der Waals surface area contributed by atoms with Gasteiger partial charge in [-0.25, -0.2) is 0 Å². The number of allylic oxidation sites excluding steroid dienone is 18. The highest BCUT2D eigenvalue weighted by Gasteiger charge is 2.19. The average molecular weight is 845 g/mol. The highest BCUT2D eigenvalue weighted by Crippen LogP contribution is 2.11. The van der Waals surface area contributed by atoms with Gasteiger partial charge in [0.2, 0.25) is 0 Å². The zero-order valence-electron chi connectivity index (χ0n) is 39.1. The molecule has 0 saturated heterocycles. The third-order valence-corrected chi connectivity index (χ3v) is 9.73. The van der Waals surface area contributed by atoms with Crippen LogP contribution in [0.5, 0.6) is 0 Å². The van der Waals surface area contributed by atoms with Gasteiger partial charge in [0.1, 0.15) is 13.2 Å². The average Bonchev–Trinajstić information content (AvgIpc) is 3.26. The molecule has 0 aliphatic carbocycles. The third kappa shape index (κ3) is 47.0. The molecule has 344 valence electrons. The summed E-state index contributed by atoms with van der Waals surface area (Å²) in [6, 6.07) is 0. The van der Waals surface area contributed by atoms with E-state index in [2.05, 4.69) is 130 Å². The maximum atomic E-state index is 12.7. The monoisotopic (exact) mass is 845 g/mol. The molecule has 0 amide bonds. The highest BCUT2D eigenvalue weighted by atomic mass is 16.6. The first-order chi connectivity index (χ1) is 30.0. The molecule has 0 saturated carbocycles. The molecule has 0 aromatic rings. The fourth-order valence-electron chi connectivity index (χ4n) is 6.05. The molecule has 0 aromatic carbocycles. The van der Waals surface area contributed by atoms with Crippen molar-refractivity contribution in [1.82, 2.24) is 0 Å². The second-order valence-corrected chi connectivity index (χ2v) is 15.6. The minimum absolute atomic E-state index is 0.120. The zero-order valence-corrected chi connectivity index (χ0v) is 39.1. The summed E-state index contributed by atoms with van der Waals surface area (Å²) in [6.45, 7) is 6.34. The second kappa shape index (κ2) is 48.7. The fraction of sp³-hybridized carbons (Fsp3) is 0.618. The summed E-state index contributed by atoms with van der Waals surface area (Å²) in [7, 11) is 0. The Morgan fingerprint density at radius 3 is 1.15 bits per heavy atom. The van der Waals surface area contributed by atoms with Crippen LogP contribution < -0.4 is 0 Å². The molecule has 1 atom stereocenters. The molecule has 0 N–H and O–H groups in total. The van der Waals surface area contributed by atoms with Crippen molar-refractivity contribution >= 4 is 17.9 Å². The smallest absolute Gasteiger partial charge is 0.306 e. The van der Waals surface area contributed by atoms with Crippen molar-refractivity contribution in [1.29, 1.82) is 0 Å². The standard InChI is InChI=1S/C55H88O6/c1-4-7-10-13-16-19-22-24-26-27-29-31-34-37-40-43-46-49-55(58)61-52(50-59-53(56)47-44-41-38-35-32-21-18-15-12-9-6-3)51-60-54(57)48-45-42-39-36-33-30-28-25-23-20-17-14-11-8-5-2/h8,11,15-20,24-26,28-29,31,33,36-37,40,52H,4-7,9-10,12-14,21-23,27,30,32,34-35,38-39,41-51H2,1-3H3/b11-8-,18-15-,19-16-,20-17-,26-24-,28-25-,31-29-,36-33-,40-37-/t52-/m0/s1. The van der Waals surface area contributed by atoms with Crippen LogP contribution in [-0.2, 0) is 28.6 Å². The van der Waals surface area contributed by atoms with Crippen LogP contribution in [0.15, 0.2) is 109 Å². The number of rotatable bonds is 42. The normalized spacial score (nSPS) is 13.0. The van der Waals surface area contributed by atoms with Gasteiger partial charge in [-0.1, -0.05) is 175 Å². The number of unbranched alkanes of at least 4 members (excludes halogenated alkanes) is 13. The van der Waals surface area contributed by atoms with Gasteiger partial charge in [0.05, 0.1) is 0 Å². The predicted octanol–water partition coefficient (Wildman–Crippen LogP) is 16.0. The lowest BCUT2D eigenvalue weighted by Gasteiger charge is -2.18. The van der Waals surface area contributed by atoms with E-state index in [0.717, 1.165) is 96.3 Å². The Hall–Kier alpha value is -3.93. The molecule has 0 radical (unpaired) electrons. The molecule has 0 unspecified atom stereocenters. The van der Waals surface area contributed by atoms with Crippen molar-refractivity contribution < 1.29 is 28.6 Å². The predicted molar refractivity (Wildman–Crippen MR) is 260 cm³/mol. The van der Waals surface area contributed by atoms with Crippen molar-refractivity contribution in [3.8, 4) is 0 Å². The van der Waals surface area contributed by atoms with Gasteiger partial charge in [0, 0.05) is 19.3 Å². The molecule has 6 heteroatoms. The summed E-state index contributed by atoms with van der Waals surface area (Å²) in [4.78, 5) is 37.8. The summed E-state index contributed by atoms with van der Waals surface area (Å²) < 4.78 is 16.6. The maximum absolute atomic E-state index is 12.7. The van der Waals surface area contributed by atoms with E-state index >= 15 is 0 Å².